The van der Waals surface area contributed by atoms with Crippen LogP contribution in [0.2, 0.25) is 0 Å². The third-order valence-electron chi connectivity index (χ3n) is 3.98. The molecule has 9 heteroatoms. The third kappa shape index (κ3) is 7.17. The van der Waals surface area contributed by atoms with Gasteiger partial charge in [0.1, 0.15) is 6.34 Å². The summed E-state index contributed by atoms with van der Waals surface area (Å²) < 4.78 is 9.20. The number of rotatable bonds is 8. The van der Waals surface area contributed by atoms with Crippen LogP contribution >= 0.6 is 0 Å². The van der Waals surface area contributed by atoms with Crippen molar-refractivity contribution >= 4 is 47.7 Å². The van der Waals surface area contributed by atoms with Crippen molar-refractivity contribution in [2.45, 2.75) is 0 Å². The number of nitrogens with zero attached hydrogens (tertiary/aromatic N) is 1. The van der Waals surface area contributed by atoms with Crippen molar-refractivity contribution in [1.29, 1.82) is 0 Å². The van der Waals surface area contributed by atoms with Gasteiger partial charge in [-0.1, -0.05) is 12.1 Å². The van der Waals surface area contributed by atoms with E-state index in [-0.39, 0.29) is 5.91 Å². The maximum absolute atomic E-state index is 12.6. The number of nitrogens with two attached hydrogens (primary N) is 1. The molecular weight excluding hydrogens is 400 g/mol. The van der Waals surface area contributed by atoms with Crippen molar-refractivity contribution in [3.8, 4) is 0 Å². The van der Waals surface area contributed by atoms with Gasteiger partial charge < -0.3 is 25.9 Å². The van der Waals surface area contributed by atoms with Gasteiger partial charge in [0.15, 0.2) is 0 Å². The molecule has 0 saturated heterocycles. The Labute approximate surface area is 179 Å². The fourth-order valence-corrected chi connectivity index (χ4v) is 2.47. The van der Waals surface area contributed by atoms with Gasteiger partial charge in [-0.3, -0.25) is 4.79 Å². The monoisotopic (exact) mass is 422 g/mol. The molecule has 2 aromatic rings. The Morgan fingerprint density at radius 1 is 0.903 bits per heavy atom. The lowest BCUT2D eigenvalue weighted by Gasteiger charge is -2.09. The highest BCUT2D eigenvalue weighted by atomic mass is 16.5. The van der Waals surface area contributed by atoms with Gasteiger partial charge in [0, 0.05) is 29.1 Å². The summed E-state index contributed by atoms with van der Waals surface area (Å²) >= 11 is 0. The van der Waals surface area contributed by atoms with Crippen LogP contribution in [0.1, 0.15) is 21.5 Å². The molecule has 4 N–H and O–H groups in total. The Kier molecular flexibility index (Phi) is 8.54. The van der Waals surface area contributed by atoms with Gasteiger partial charge in [0.25, 0.3) is 5.91 Å². The molecule has 0 aromatic heterocycles. The number of carbonyl (C=O) groups excluding carboxylic acids is 3. The number of carbonyl (C=O) groups is 3. The molecule has 0 heterocycles. The van der Waals surface area contributed by atoms with Crippen LogP contribution in [0.5, 0.6) is 0 Å². The predicted molar refractivity (Wildman–Crippen MR) is 119 cm³/mol. The van der Waals surface area contributed by atoms with Crippen LogP contribution in [-0.2, 0) is 19.1 Å². The van der Waals surface area contributed by atoms with Gasteiger partial charge in [-0.05, 0) is 53.6 Å². The van der Waals surface area contributed by atoms with E-state index >= 15 is 0 Å². The molecule has 0 aliphatic heterocycles. The topological polar surface area (TPSA) is 132 Å². The van der Waals surface area contributed by atoms with Gasteiger partial charge in [0.05, 0.1) is 14.2 Å². The molecule has 2 rings (SSSR count). The molecular formula is C22H22N4O5. The molecule has 0 atom stereocenters. The smallest absolute Gasteiger partial charge is 0.330 e. The quantitative estimate of drug-likeness (QED) is 0.149. The number of esters is 2. The summed E-state index contributed by atoms with van der Waals surface area (Å²) in [4.78, 5) is 35.5. The molecule has 2 aromatic carbocycles. The van der Waals surface area contributed by atoms with Gasteiger partial charge in [-0.15, -0.1) is 0 Å². The van der Waals surface area contributed by atoms with Crippen LogP contribution in [0.3, 0.4) is 0 Å². The standard InChI is InChI=1S/C22H22N4O5/c1-30-20(27)10-7-15-6-9-19(12-16(15)8-11-21(28)31-2)26-22(29)17-4-3-5-18(13-17)24-14-25-23/h3-14H,23H2,1-2H3,(H,24,25)(H,26,29). The number of hydrogen-bond acceptors (Lipinski definition) is 7. The van der Waals surface area contributed by atoms with E-state index in [0.29, 0.717) is 28.1 Å². The highest BCUT2D eigenvalue weighted by Gasteiger charge is 2.09. The van der Waals surface area contributed by atoms with Crippen molar-refractivity contribution in [3.63, 3.8) is 0 Å². The molecule has 0 spiro atoms. The number of ether oxygens (including phenoxy) is 2. The Hall–Kier alpha value is -4.40. The van der Waals surface area contributed by atoms with E-state index in [1.807, 2.05) is 0 Å². The van der Waals surface area contributed by atoms with E-state index < -0.39 is 11.9 Å². The first-order valence-corrected chi connectivity index (χ1v) is 9.02. The van der Waals surface area contributed by atoms with Crippen LogP contribution in [0.4, 0.5) is 11.4 Å². The predicted octanol–water partition coefficient (Wildman–Crippen LogP) is 2.63. The number of methoxy groups -OCH3 is 2. The Balaban J connectivity index is 2.29. The first kappa shape index (κ1) is 22.9. The van der Waals surface area contributed by atoms with E-state index in [1.165, 1.54) is 38.8 Å². The van der Waals surface area contributed by atoms with E-state index in [1.54, 1.807) is 48.5 Å². The maximum Gasteiger partial charge on any atom is 0.330 e. The van der Waals surface area contributed by atoms with Crippen LogP contribution in [0.25, 0.3) is 12.2 Å². The minimum Gasteiger partial charge on any atom is -0.466 e. The second-order valence-corrected chi connectivity index (χ2v) is 6.01. The maximum atomic E-state index is 12.6. The number of benzene rings is 2. The fraction of sp³-hybridized carbons (Fsp3) is 0.0909. The largest absolute Gasteiger partial charge is 0.466 e. The van der Waals surface area contributed by atoms with Crippen LogP contribution in [-0.4, -0.2) is 38.4 Å². The summed E-state index contributed by atoms with van der Waals surface area (Å²) in [6.45, 7) is 0. The number of hydrazone groups is 1. The molecule has 0 saturated carbocycles. The summed E-state index contributed by atoms with van der Waals surface area (Å²) in [6, 6.07) is 11.8. The molecule has 0 unspecified atom stereocenters. The van der Waals surface area contributed by atoms with Crippen molar-refractivity contribution in [2.75, 3.05) is 24.9 Å². The minimum absolute atomic E-state index is 0.339. The van der Waals surface area contributed by atoms with Crippen molar-refractivity contribution < 1.29 is 23.9 Å². The summed E-state index contributed by atoms with van der Waals surface area (Å²) in [5, 5.41) is 8.98. The molecule has 31 heavy (non-hydrogen) atoms. The molecule has 0 radical (unpaired) electrons. The Morgan fingerprint density at radius 2 is 1.58 bits per heavy atom. The van der Waals surface area contributed by atoms with Crippen LogP contribution < -0.4 is 16.5 Å². The Bertz CT molecular complexity index is 1040. The van der Waals surface area contributed by atoms with Crippen LogP contribution in [0, 0.1) is 0 Å². The van der Waals surface area contributed by atoms with Gasteiger partial charge >= 0.3 is 11.9 Å². The minimum atomic E-state index is -0.539. The summed E-state index contributed by atoms with van der Waals surface area (Å²) in [6.07, 6.45) is 6.87. The summed E-state index contributed by atoms with van der Waals surface area (Å²) in [7, 11) is 2.54. The highest BCUT2D eigenvalue weighted by molar-refractivity contribution is 6.05. The second-order valence-electron chi connectivity index (χ2n) is 6.01. The summed E-state index contributed by atoms with van der Waals surface area (Å²) in [5.41, 5.74) is 2.77. The van der Waals surface area contributed by atoms with Crippen molar-refractivity contribution in [2.24, 2.45) is 10.9 Å². The van der Waals surface area contributed by atoms with Crippen molar-refractivity contribution in [1.82, 2.24) is 0 Å². The van der Waals surface area contributed by atoms with E-state index in [4.69, 9.17) is 5.84 Å². The van der Waals surface area contributed by atoms with E-state index in [0.717, 1.165) is 0 Å². The zero-order chi connectivity index (χ0) is 22.6. The zero-order valence-electron chi connectivity index (χ0n) is 17.0. The van der Waals surface area contributed by atoms with Crippen LogP contribution in [0.15, 0.2) is 59.7 Å². The number of nitrogens with one attached hydrogen (secondary N) is 2. The fourth-order valence-electron chi connectivity index (χ4n) is 2.47. The summed E-state index contributed by atoms with van der Waals surface area (Å²) in [5.74, 6) is 3.67. The van der Waals surface area contributed by atoms with Gasteiger partial charge in [-0.25, -0.2) is 9.59 Å². The molecule has 0 bridgehead atoms. The number of anilines is 2. The highest BCUT2D eigenvalue weighted by Crippen LogP contribution is 2.20. The molecule has 160 valence electrons. The lowest BCUT2D eigenvalue weighted by atomic mass is 10.0. The first-order chi connectivity index (χ1) is 15.0. The van der Waals surface area contributed by atoms with E-state index in [2.05, 4.69) is 25.2 Å². The molecule has 0 aliphatic rings. The van der Waals surface area contributed by atoms with Crippen molar-refractivity contribution in [3.05, 3.63) is 71.3 Å². The normalized spacial score (nSPS) is 11.0. The average Bonchev–Trinajstić information content (AvgIpc) is 2.80. The van der Waals surface area contributed by atoms with Gasteiger partial charge in [0.2, 0.25) is 0 Å². The number of hydrogen-bond donors (Lipinski definition) is 3. The molecule has 1 amide bonds. The lowest BCUT2D eigenvalue weighted by Crippen LogP contribution is -2.12. The van der Waals surface area contributed by atoms with Gasteiger partial charge in [-0.2, -0.15) is 5.10 Å². The zero-order valence-corrected chi connectivity index (χ0v) is 17.0. The molecule has 9 nitrogen and oxygen atoms in total. The molecule has 0 fully saturated rings. The molecule has 0 aliphatic carbocycles. The average molecular weight is 422 g/mol. The second kappa shape index (κ2) is 11.6. The third-order valence-corrected chi connectivity index (χ3v) is 3.98. The SMILES string of the molecule is COC(=O)C=Cc1ccc(NC(=O)c2cccc(NC=NN)c2)cc1C=CC(=O)OC. The lowest BCUT2D eigenvalue weighted by molar-refractivity contribution is -0.135. The van der Waals surface area contributed by atoms with E-state index in [9.17, 15) is 14.4 Å². The number of amides is 1. The Morgan fingerprint density at radius 3 is 2.23 bits per heavy atom. The first-order valence-electron chi connectivity index (χ1n) is 9.02.